The predicted octanol–water partition coefficient (Wildman–Crippen LogP) is 4.07. The average molecular weight is 564 g/mol. The second-order valence-corrected chi connectivity index (χ2v) is 11.7. The standard InChI is InChI=1S/C33H29N3O6/c1-18-10-12-21(13-11-18)34-35-30(39)26-17-25-23(14-15-24-27(25)31(40)36(42)29(24)38)28(19-6-5-9-22(37)16-19)33(26,32(35)41)20-7-3-2-4-8-20/h2-14,16,24-28,34,37,42H,15,17H2,1H3/t24-,25+,26-,27-,28-,33+/m0/s1. The van der Waals surface area contributed by atoms with Crippen molar-refractivity contribution < 1.29 is 29.5 Å². The van der Waals surface area contributed by atoms with Crippen molar-refractivity contribution in [2.75, 3.05) is 5.43 Å². The first-order valence-electron chi connectivity index (χ1n) is 14.1. The molecule has 2 aliphatic carbocycles. The Balaban J connectivity index is 1.46. The van der Waals surface area contributed by atoms with Gasteiger partial charge in [0.1, 0.15) is 5.75 Å². The number of phenolic OH excluding ortho intramolecular Hbond substituents is 1. The first-order chi connectivity index (χ1) is 20.2. The fraction of sp³-hybridized carbons (Fsp3) is 0.273. The Morgan fingerprint density at radius 1 is 0.857 bits per heavy atom. The van der Waals surface area contributed by atoms with Crippen molar-refractivity contribution in [1.82, 2.24) is 10.1 Å². The van der Waals surface area contributed by atoms with Crippen molar-refractivity contribution in [3.63, 3.8) is 0 Å². The Morgan fingerprint density at radius 2 is 1.60 bits per heavy atom. The summed E-state index contributed by atoms with van der Waals surface area (Å²) < 4.78 is 0. The van der Waals surface area contributed by atoms with Gasteiger partial charge in [-0.1, -0.05) is 71.8 Å². The number of hydroxylamine groups is 2. The largest absolute Gasteiger partial charge is 0.508 e. The van der Waals surface area contributed by atoms with Crippen LogP contribution < -0.4 is 5.43 Å². The number of anilines is 1. The number of carbonyl (C=O) groups is 4. The third-order valence-corrected chi connectivity index (χ3v) is 9.57. The molecule has 2 heterocycles. The maximum absolute atomic E-state index is 14.9. The lowest BCUT2D eigenvalue weighted by Crippen LogP contribution is -2.53. The molecule has 0 unspecified atom stereocenters. The molecule has 42 heavy (non-hydrogen) atoms. The van der Waals surface area contributed by atoms with Gasteiger partial charge in [-0.2, -0.15) is 10.1 Å². The van der Waals surface area contributed by atoms with E-state index in [2.05, 4.69) is 5.43 Å². The Morgan fingerprint density at radius 3 is 2.31 bits per heavy atom. The summed E-state index contributed by atoms with van der Waals surface area (Å²) in [5.74, 6) is -5.98. The number of hydrogen-bond donors (Lipinski definition) is 3. The van der Waals surface area contributed by atoms with Gasteiger partial charge in [-0.25, -0.2) is 0 Å². The number of rotatable bonds is 4. The van der Waals surface area contributed by atoms with E-state index in [1.54, 1.807) is 24.3 Å². The highest BCUT2D eigenvalue weighted by molar-refractivity contribution is 6.13. The maximum atomic E-state index is 14.9. The van der Waals surface area contributed by atoms with Gasteiger partial charge < -0.3 is 5.11 Å². The van der Waals surface area contributed by atoms with Crippen LogP contribution in [0.1, 0.15) is 35.4 Å². The van der Waals surface area contributed by atoms with E-state index in [4.69, 9.17) is 0 Å². The number of phenols is 1. The van der Waals surface area contributed by atoms with Crippen LogP contribution in [0.5, 0.6) is 5.75 Å². The molecule has 4 amide bonds. The molecular weight excluding hydrogens is 534 g/mol. The zero-order chi connectivity index (χ0) is 29.3. The van der Waals surface area contributed by atoms with Gasteiger partial charge in [0.05, 0.1) is 28.9 Å². The van der Waals surface area contributed by atoms with Crippen molar-refractivity contribution in [2.45, 2.75) is 31.1 Å². The molecule has 7 rings (SSSR count). The molecule has 9 nitrogen and oxygen atoms in total. The molecular formula is C33H29N3O6. The van der Waals surface area contributed by atoms with Gasteiger partial charge >= 0.3 is 0 Å². The molecule has 2 saturated heterocycles. The number of aromatic hydroxyl groups is 1. The second-order valence-electron chi connectivity index (χ2n) is 11.7. The Labute approximate surface area is 242 Å². The van der Waals surface area contributed by atoms with Gasteiger partial charge in [0.15, 0.2) is 0 Å². The van der Waals surface area contributed by atoms with Gasteiger partial charge in [0.2, 0.25) is 0 Å². The van der Waals surface area contributed by atoms with Crippen molar-refractivity contribution in [2.24, 2.45) is 23.7 Å². The quantitative estimate of drug-likeness (QED) is 0.248. The number of nitrogens with zero attached hydrogens (tertiary/aromatic N) is 2. The first-order valence-corrected chi connectivity index (χ1v) is 14.1. The fourth-order valence-corrected chi connectivity index (χ4v) is 7.81. The minimum Gasteiger partial charge on any atom is -0.508 e. The SMILES string of the molecule is Cc1ccc(NN2C(=O)[C@@H]3C[C@@H]4C(=CC[C@@H]5C(=O)N(O)C(=O)[C@@H]54)[C@H](c4cccc(O)c4)[C@]3(c3ccccc3)C2=O)cc1. The van der Waals surface area contributed by atoms with E-state index in [9.17, 15) is 29.5 Å². The molecule has 0 bridgehead atoms. The summed E-state index contributed by atoms with van der Waals surface area (Å²) >= 11 is 0. The van der Waals surface area contributed by atoms with Crippen LogP contribution in [-0.2, 0) is 24.6 Å². The predicted molar refractivity (Wildman–Crippen MR) is 151 cm³/mol. The van der Waals surface area contributed by atoms with Crippen LogP contribution in [-0.4, -0.2) is 44.0 Å². The lowest BCUT2D eigenvalue weighted by atomic mass is 9.49. The second kappa shape index (κ2) is 9.39. The molecule has 9 heteroatoms. The molecule has 4 aliphatic rings. The minimum atomic E-state index is -1.40. The third kappa shape index (κ3) is 3.53. The Hall–Kier alpha value is -4.76. The summed E-state index contributed by atoms with van der Waals surface area (Å²) in [6.45, 7) is 1.94. The summed E-state index contributed by atoms with van der Waals surface area (Å²) in [5.41, 5.74) is 5.27. The normalized spacial score (nSPS) is 30.1. The summed E-state index contributed by atoms with van der Waals surface area (Å²) in [4.78, 5) is 55.3. The highest BCUT2D eigenvalue weighted by Crippen LogP contribution is 2.64. The third-order valence-electron chi connectivity index (χ3n) is 9.57. The van der Waals surface area contributed by atoms with Crippen molar-refractivity contribution in [3.8, 4) is 5.75 Å². The van der Waals surface area contributed by atoms with E-state index in [0.29, 0.717) is 16.8 Å². The molecule has 0 radical (unpaired) electrons. The van der Waals surface area contributed by atoms with Crippen LogP contribution in [0, 0.1) is 30.6 Å². The summed E-state index contributed by atoms with van der Waals surface area (Å²) in [5, 5.41) is 22.1. The number of carbonyl (C=O) groups excluding carboxylic acids is 4. The van der Waals surface area contributed by atoms with Gasteiger partial charge in [-0.15, -0.1) is 0 Å². The number of amides is 4. The van der Waals surface area contributed by atoms with Gasteiger partial charge in [0.25, 0.3) is 23.6 Å². The number of benzene rings is 3. The maximum Gasteiger partial charge on any atom is 0.260 e. The molecule has 0 spiro atoms. The number of hydrogen-bond acceptors (Lipinski definition) is 7. The Bertz CT molecular complexity index is 1670. The fourth-order valence-electron chi connectivity index (χ4n) is 7.81. The van der Waals surface area contributed by atoms with Crippen LogP contribution in [0.25, 0.3) is 0 Å². The number of allylic oxidation sites excluding steroid dienone is 2. The van der Waals surface area contributed by atoms with Crippen LogP contribution >= 0.6 is 0 Å². The molecule has 212 valence electrons. The molecule has 3 aromatic rings. The molecule has 2 aliphatic heterocycles. The monoisotopic (exact) mass is 563 g/mol. The topological polar surface area (TPSA) is 127 Å². The van der Waals surface area contributed by atoms with E-state index in [-0.39, 0.29) is 23.7 Å². The number of nitrogens with one attached hydrogen (secondary N) is 1. The zero-order valence-corrected chi connectivity index (χ0v) is 22.8. The molecule has 3 N–H and O–H groups in total. The molecule has 1 saturated carbocycles. The van der Waals surface area contributed by atoms with E-state index in [1.165, 1.54) is 6.07 Å². The lowest BCUT2D eigenvalue weighted by molar-refractivity contribution is -0.173. The molecule has 3 aromatic carbocycles. The summed E-state index contributed by atoms with van der Waals surface area (Å²) in [6.07, 6.45) is 2.26. The van der Waals surface area contributed by atoms with Crippen molar-refractivity contribution in [3.05, 3.63) is 107 Å². The van der Waals surface area contributed by atoms with Crippen LogP contribution in [0.4, 0.5) is 5.69 Å². The van der Waals surface area contributed by atoms with Crippen molar-refractivity contribution >= 4 is 29.3 Å². The molecule has 3 fully saturated rings. The van der Waals surface area contributed by atoms with Crippen molar-refractivity contribution in [1.29, 1.82) is 0 Å². The number of fused-ring (bicyclic) bond motifs is 4. The number of imide groups is 2. The van der Waals surface area contributed by atoms with Gasteiger partial charge in [-0.3, -0.25) is 29.8 Å². The number of hydrazine groups is 1. The van der Waals surface area contributed by atoms with Gasteiger partial charge in [0, 0.05) is 5.92 Å². The highest BCUT2D eigenvalue weighted by atomic mass is 16.5. The zero-order valence-electron chi connectivity index (χ0n) is 22.8. The van der Waals surface area contributed by atoms with Crippen LogP contribution in [0.2, 0.25) is 0 Å². The summed E-state index contributed by atoms with van der Waals surface area (Å²) in [7, 11) is 0. The minimum absolute atomic E-state index is 0.00346. The average Bonchev–Trinajstić information content (AvgIpc) is 3.35. The van der Waals surface area contributed by atoms with Crippen LogP contribution in [0.3, 0.4) is 0 Å². The smallest absolute Gasteiger partial charge is 0.260 e. The molecule has 0 aromatic heterocycles. The van der Waals surface area contributed by atoms with Gasteiger partial charge in [-0.05, 0) is 61.1 Å². The number of aryl methyl sites for hydroxylation is 1. The molecule has 6 atom stereocenters. The van der Waals surface area contributed by atoms with E-state index >= 15 is 0 Å². The summed E-state index contributed by atoms with van der Waals surface area (Å²) in [6, 6.07) is 23.2. The Kier molecular flexibility index (Phi) is 5.85. The van der Waals surface area contributed by atoms with E-state index in [1.807, 2.05) is 61.5 Å². The van der Waals surface area contributed by atoms with E-state index in [0.717, 1.165) is 16.1 Å². The lowest BCUT2D eigenvalue weighted by Gasteiger charge is -2.50. The highest BCUT2D eigenvalue weighted by Gasteiger charge is 2.70. The first kappa shape index (κ1) is 26.2. The van der Waals surface area contributed by atoms with E-state index < -0.39 is 58.6 Å². The van der Waals surface area contributed by atoms with Crippen LogP contribution in [0.15, 0.2) is 90.5 Å².